The molecule has 0 amide bonds. The number of ether oxygens (including phenoxy) is 4. The average molecular weight is 1190 g/mol. The SMILES string of the molecule is COc1c(F)cc2c3c(n4c2c1CCC4)[C@@H]1Oc2c(O)ccc4c2[C@@]12CCN(CC1CC1)[C@H](C4)[C@]2(O)C3.COc1c(F)ccc2c1CCCN2N.Oc1ccc2c3c1O[C@H]1c4c(c5cc(F)c(O)c6c5n4CCC6)C[C@@]4(O)[C@@H](C2)N(CC2CC2)CC[C@]314. The number of benzene rings is 5. The number of hydrazine groups is 1. The van der Waals surface area contributed by atoms with Gasteiger partial charge in [0.15, 0.2) is 69.9 Å². The van der Waals surface area contributed by atoms with Crippen molar-refractivity contribution in [3.63, 3.8) is 0 Å². The van der Waals surface area contributed by atoms with E-state index in [2.05, 4.69) is 18.9 Å². The highest BCUT2D eigenvalue weighted by Crippen LogP contribution is 2.72. The van der Waals surface area contributed by atoms with E-state index in [9.17, 15) is 34.3 Å². The van der Waals surface area contributed by atoms with Gasteiger partial charge in [-0.1, -0.05) is 12.1 Å². The first-order chi connectivity index (χ1) is 42.1. The molecule has 8 atom stereocenters. The minimum Gasteiger partial charge on any atom is -0.505 e. The van der Waals surface area contributed by atoms with Crippen LogP contribution in [0.5, 0.6) is 40.2 Å². The molecule has 18 heteroatoms. The van der Waals surface area contributed by atoms with Crippen LogP contribution in [-0.4, -0.2) is 115 Å². The molecule has 7 N–H and O–H groups in total. The average Bonchev–Trinajstić information content (AvgIpc) is 1.55. The Balaban J connectivity index is 0.000000108. The van der Waals surface area contributed by atoms with Crippen molar-refractivity contribution in [2.45, 2.75) is 162 Å². The summed E-state index contributed by atoms with van der Waals surface area (Å²) < 4.78 is 72.3. The number of nitrogens with zero attached hydrogens (tertiary/aromatic N) is 5. The lowest BCUT2D eigenvalue weighted by Crippen LogP contribution is -2.74. The molecule has 13 aliphatic rings. The van der Waals surface area contributed by atoms with Crippen LogP contribution in [0.2, 0.25) is 0 Å². The van der Waals surface area contributed by atoms with Gasteiger partial charge in [-0.25, -0.2) is 19.0 Å². The fraction of sp³-hybridized carbons (Fsp3) is 0.507. The van der Waals surface area contributed by atoms with Crippen molar-refractivity contribution in [2.75, 3.05) is 52.0 Å². The molecule has 6 aliphatic carbocycles. The van der Waals surface area contributed by atoms with Crippen LogP contribution < -0.4 is 29.8 Å². The van der Waals surface area contributed by atoms with Crippen LogP contribution in [0.15, 0.2) is 48.5 Å². The summed E-state index contributed by atoms with van der Waals surface area (Å²) in [4.78, 5) is 5.04. The summed E-state index contributed by atoms with van der Waals surface area (Å²) in [5.41, 5.74) is 10.2. The molecule has 0 radical (unpaired) electrons. The highest BCUT2D eigenvalue weighted by atomic mass is 19.1. The summed E-state index contributed by atoms with van der Waals surface area (Å²) in [6, 6.07) is 13.6. The van der Waals surface area contributed by atoms with E-state index in [1.54, 1.807) is 29.3 Å². The fourth-order valence-corrected chi connectivity index (χ4v) is 19.9. The maximum Gasteiger partial charge on any atom is 0.166 e. The van der Waals surface area contributed by atoms with Crippen LogP contribution in [0, 0.1) is 29.3 Å². The summed E-state index contributed by atoms with van der Waals surface area (Å²) >= 11 is 0. The number of hydrogen-bond donors (Lipinski definition) is 6. The Hall–Kier alpha value is -6.83. The Morgan fingerprint density at radius 1 is 0.575 bits per heavy atom. The number of rotatable bonds is 6. The first-order valence-electron chi connectivity index (χ1n) is 31.9. The zero-order chi connectivity index (χ0) is 59.1. The Morgan fingerprint density at radius 2 is 1.06 bits per heavy atom. The smallest absolute Gasteiger partial charge is 0.166 e. The predicted octanol–water partition coefficient (Wildman–Crippen LogP) is 9.44. The van der Waals surface area contributed by atoms with E-state index < -0.39 is 40.1 Å². The summed E-state index contributed by atoms with van der Waals surface area (Å²) in [5.74, 6) is 7.70. The molecular formula is C69H73F3N6O9. The van der Waals surface area contributed by atoms with Gasteiger partial charge < -0.3 is 58.6 Å². The molecule has 0 unspecified atom stereocenters. The number of phenols is 3. The number of phenolic OH excluding ortho intramolecular Hbond substituents is 3. The van der Waals surface area contributed by atoms with Gasteiger partial charge in [0.25, 0.3) is 0 Å². The van der Waals surface area contributed by atoms with Crippen LogP contribution in [0.1, 0.15) is 131 Å². The highest BCUT2D eigenvalue weighted by Gasteiger charge is 2.75. The molecule has 4 fully saturated rings. The van der Waals surface area contributed by atoms with Gasteiger partial charge in [-0.3, -0.25) is 9.80 Å². The molecule has 15 nitrogen and oxygen atoms in total. The van der Waals surface area contributed by atoms with Gasteiger partial charge in [0.1, 0.15) is 0 Å². The molecule has 7 aromatic rings. The van der Waals surface area contributed by atoms with Crippen molar-refractivity contribution < 1.29 is 57.7 Å². The number of aryl methyl sites for hydroxylation is 4. The minimum absolute atomic E-state index is 0.0322. The Bertz CT molecular complexity index is 4180. The van der Waals surface area contributed by atoms with E-state index in [1.807, 2.05) is 12.1 Å². The van der Waals surface area contributed by atoms with Gasteiger partial charge >= 0.3 is 0 Å². The molecule has 2 saturated heterocycles. The number of methoxy groups -OCH3 is 2. The Kier molecular flexibility index (Phi) is 11.1. The number of halogens is 3. The standard InChI is InChI=1S/C30H31FN2O4.C29H29FN2O4.C10H13FN2O/c1-36-26-17-3-2-9-33-24(17)18(12-20(26)31)19-13-30(35)22-11-16-6-7-21(34)27-23(16)29(30,28(37-27)25(19)33)8-10-32(22)14-15-4-5-15;30-19-11-17-18-12-29(35)21-10-15-5-6-20(33)26-22(15)28(29,7-9-31(21)13-14-3-4-14)27(36-26)24(18)32-8-1-2-16(23(17)32)25(19)34;1-14-10-7-3-2-6-13(12)9(7)5-4-8(10)11/h6-7,12,15,22,28,34-35H,2-5,8-11,13-14H2,1H3;5-6,11,14,21,27,33-35H,1-4,7-10,12-13H2;4-5H,2-3,6,12H2,1H3/t22-,28+,29+,30-;21-,27+,28+,29-;/m11./s1. The number of aliphatic hydroxyl groups is 2. The molecule has 20 rings (SSSR count). The van der Waals surface area contributed by atoms with Crippen molar-refractivity contribution in [2.24, 2.45) is 17.7 Å². The van der Waals surface area contributed by atoms with Gasteiger partial charge in [0.05, 0.1) is 64.4 Å². The summed E-state index contributed by atoms with van der Waals surface area (Å²) in [6.07, 6.45) is 13.0. The zero-order valence-corrected chi connectivity index (χ0v) is 49.2. The topological polar surface area (TPSA) is 184 Å². The second-order valence-corrected chi connectivity index (χ2v) is 27.8. The third-order valence-corrected chi connectivity index (χ3v) is 23.8. The molecule has 4 bridgehead atoms. The lowest BCUT2D eigenvalue weighted by molar-refractivity contribution is -0.173. The molecule has 7 aliphatic heterocycles. The third kappa shape index (κ3) is 6.76. The van der Waals surface area contributed by atoms with Crippen molar-refractivity contribution in [1.82, 2.24) is 18.9 Å². The van der Waals surface area contributed by atoms with Gasteiger partial charge in [-0.05, 0) is 173 Å². The molecule has 2 spiro atoms. The predicted molar refractivity (Wildman–Crippen MR) is 318 cm³/mol. The normalized spacial score (nSPS) is 30.2. The van der Waals surface area contributed by atoms with Crippen LogP contribution in [0.3, 0.4) is 0 Å². The number of anilines is 1. The summed E-state index contributed by atoms with van der Waals surface area (Å²) in [5, 5.41) is 61.7. The first kappa shape index (κ1) is 53.2. The fourth-order valence-electron chi connectivity index (χ4n) is 19.9. The third-order valence-electron chi connectivity index (χ3n) is 23.8. The first-order valence-corrected chi connectivity index (χ1v) is 31.9. The minimum atomic E-state index is -1.09. The van der Waals surface area contributed by atoms with Crippen LogP contribution >= 0.6 is 0 Å². The monoisotopic (exact) mass is 1190 g/mol. The van der Waals surface area contributed by atoms with Crippen molar-refractivity contribution >= 4 is 27.5 Å². The largest absolute Gasteiger partial charge is 0.505 e. The summed E-state index contributed by atoms with van der Waals surface area (Å²) in [6.45, 7) is 6.26. The Morgan fingerprint density at radius 3 is 1.59 bits per heavy atom. The molecule has 9 heterocycles. The van der Waals surface area contributed by atoms with Crippen LogP contribution in [-0.2, 0) is 68.9 Å². The van der Waals surface area contributed by atoms with E-state index in [1.165, 1.54) is 63.2 Å². The zero-order valence-electron chi connectivity index (χ0n) is 49.2. The maximum absolute atomic E-state index is 15.4. The number of piperidine rings is 2. The molecule has 87 heavy (non-hydrogen) atoms. The Labute approximate surface area is 501 Å². The van der Waals surface area contributed by atoms with E-state index in [-0.39, 0.29) is 41.0 Å². The molecule has 2 aromatic heterocycles. The van der Waals surface area contributed by atoms with Gasteiger partial charge in [0, 0.05) is 96.2 Å². The molecular weight excluding hydrogens is 1110 g/mol. The van der Waals surface area contributed by atoms with Gasteiger partial charge in [-0.2, -0.15) is 0 Å². The number of nitrogens with two attached hydrogens (primary N) is 1. The van der Waals surface area contributed by atoms with Crippen molar-refractivity contribution in [1.29, 1.82) is 0 Å². The number of hydrogen-bond acceptors (Lipinski definition) is 13. The second kappa shape index (κ2) is 18.2. The van der Waals surface area contributed by atoms with Crippen LogP contribution in [0.25, 0.3) is 21.8 Å². The van der Waals surface area contributed by atoms with Crippen molar-refractivity contribution in [3.05, 3.63) is 127 Å². The van der Waals surface area contributed by atoms with Gasteiger partial charge in [-0.15, -0.1) is 0 Å². The number of aromatic hydroxyl groups is 3. The lowest BCUT2D eigenvalue weighted by Gasteiger charge is -2.63. The second-order valence-electron chi connectivity index (χ2n) is 27.8. The number of likely N-dealkylation sites (tertiary alicyclic amines) is 2. The van der Waals surface area contributed by atoms with Crippen LogP contribution in [0.4, 0.5) is 18.9 Å². The van der Waals surface area contributed by atoms with Gasteiger partial charge in [0.2, 0.25) is 0 Å². The van der Waals surface area contributed by atoms with E-state index in [0.717, 1.165) is 182 Å². The number of aromatic nitrogens is 2. The maximum atomic E-state index is 15.4. The van der Waals surface area contributed by atoms with E-state index in [0.29, 0.717) is 53.7 Å². The molecule has 2 saturated carbocycles. The quantitative estimate of drug-likeness (QED) is 0.0867. The molecule has 454 valence electrons. The highest BCUT2D eigenvalue weighted by molar-refractivity contribution is 5.93. The van der Waals surface area contributed by atoms with E-state index in [4.69, 9.17) is 24.8 Å². The summed E-state index contributed by atoms with van der Waals surface area (Å²) in [7, 11) is 3.02. The van der Waals surface area contributed by atoms with Crippen molar-refractivity contribution in [3.8, 4) is 40.2 Å². The molecule has 5 aromatic carbocycles. The lowest BCUT2D eigenvalue weighted by atomic mass is 9.49. The number of fused-ring (bicyclic) bond motifs is 9. The van der Waals surface area contributed by atoms with E-state index >= 15 is 4.39 Å².